The number of carbonyl (C=O) groups excluding carboxylic acids is 1. The van der Waals surface area contributed by atoms with Gasteiger partial charge in [-0.15, -0.1) is 5.10 Å². The molecule has 0 bridgehead atoms. The van der Waals surface area contributed by atoms with Gasteiger partial charge < -0.3 is 10.1 Å². The van der Waals surface area contributed by atoms with Crippen LogP contribution in [0.5, 0.6) is 5.75 Å². The molecule has 0 saturated carbocycles. The number of aromatic nitrogens is 4. The molecule has 10 heteroatoms. The molecular formula is C16H12F3N5O2. The molecule has 2 aromatic carbocycles. The van der Waals surface area contributed by atoms with E-state index in [0.29, 0.717) is 11.4 Å². The number of alkyl halides is 3. The first-order valence-electron chi connectivity index (χ1n) is 7.35. The number of tetrazole rings is 1. The van der Waals surface area contributed by atoms with Crippen LogP contribution in [0.3, 0.4) is 0 Å². The molecule has 0 unspecified atom stereocenters. The molecule has 26 heavy (non-hydrogen) atoms. The minimum absolute atomic E-state index is 0.0439. The molecule has 134 valence electrons. The largest absolute Gasteiger partial charge is 0.484 e. The second kappa shape index (κ2) is 7.21. The minimum Gasteiger partial charge on any atom is -0.484 e. The SMILES string of the molecule is O=C(COc1ccc(-n2cnnn2)cc1)Nc1cccc(C(F)(F)F)c1. The van der Waals surface area contributed by atoms with Crippen molar-refractivity contribution in [3.63, 3.8) is 0 Å². The summed E-state index contributed by atoms with van der Waals surface area (Å²) in [5, 5.41) is 13.1. The van der Waals surface area contributed by atoms with Crippen molar-refractivity contribution in [3.05, 3.63) is 60.4 Å². The van der Waals surface area contributed by atoms with Crippen molar-refractivity contribution in [1.29, 1.82) is 0 Å². The van der Waals surface area contributed by atoms with Gasteiger partial charge in [-0.2, -0.15) is 13.2 Å². The van der Waals surface area contributed by atoms with Gasteiger partial charge in [-0.1, -0.05) is 6.07 Å². The minimum atomic E-state index is -4.47. The van der Waals surface area contributed by atoms with Gasteiger partial charge in [0, 0.05) is 5.69 Å². The molecule has 1 heterocycles. The molecule has 7 nitrogen and oxygen atoms in total. The Morgan fingerprint density at radius 2 is 1.92 bits per heavy atom. The maximum Gasteiger partial charge on any atom is 0.416 e. The number of ether oxygens (including phenoxy) is 1. The van der Waals surface area contributed by atoms with Crippen molar-refractivity contribution >= 4 is 11.6 Å². The summed E-state index contributed by atoms with van der Waals surface area (Å²) in [7, 11) is 0. The molecule has 1 N–H and O–H groups in total. The summed E-state index contributed by atoms with van der Waals surface area (Å²) < 4.78 is 44.7. The zero-order valence-electron chi connectivity index (χ0n) is 13.1. The fraction of sp³-hybridized carbons (Fsp3) is 0.125. The monoisotopic (exact) mass is 363 g/mol. The third-order valence-corrected chi connectivity index (χ3v) is 3.29. The van der Waals surface area contributed by atoms with Crippen molar-refractivity contribution in [2.45, 2.75) is 6.18 Å². The van der Waals surface area contributed by atoms with Gasteiger partial charge in [0.05, 0.1) is 11.3 Å². The van der Waals surface area contributed by atoms with E-state index >= 15 is 0 Å². The van der Waals surface area contributed by atoms with Gasteiger partial charge in [0.2, 0.25) is 0 Å². The highest BCUT2D eigenvalue weighted by molar-refractivity contribution is 5.91. The molecule has 0 aliphatic carbocycles. The van der Waals surface area contributed by atoms with Crippen LogP contribution in [0.1, 0.15) is 5.56 Å². The van der Waals surface area contributed by atoms with Gasteiger partial charge in [0.1, 0.15) is 12.1 Å². The molecular weight excluding hydrogens is 351 g/mol. The number of hydrogen-bond acceptors (Lipinski definition) is 5. The Morgan fingerprint density at radius 3 is 2.58 bits per heavy atom. The average molecular weight is 363 g/mol. The summed E-state index contributed by atoms with van der Waals surface area (Å²) >= 11 is 0. The summed E-state index contributed by atoms with van der Waals surface area (Å²) in [6.07, 6.45) is -3.04. The van der Waals surface area contributed by atoms with Crippen LogP contribution in [-0.2, 0) is 11.0 Å². The van der Waals surface area contributed by atoms with Gasteiger partial charge in [0.25, 0.3) is 5.91 Å². The highest BCUT2D eigenvalue weighted by Gasteiger charge is 2.30. The maximum atomic E-state index is 12.7. The van der Waals surface area contributed by atoms with Crippen LogP contribution >= 0.6 is 0 Å². The smallest absolute Gasteiger partial charge is 0.416 e. The number of benzene rings is 2. The fourth-order valence-corrected chi connectivity index (χ4v) is 2.09. The van der Waals surface area contributed by atoms with Gasteiger partial charge in [-0.05, 0) is 52.9 Å². The van der Waals surface area contributed by atoms with E-state index in [1.54, 1.807) is 24.3 Å². The maximum absolute atomic E-state index is 12.7. The van der Waals surface area contributed by atoms with E-state index in [4.69, 9.17) is 4.74 Å². The van der Waals surface area contributed by atoms with Crippen LogP contribution in [0, 0.1) is 0 Å². The second-order valence-corrected chi connectivity index (χ2v) is 5.16. The molecule has 0 fully saturated rings. The van der Waals surface area contributed by atoms with E-state index in [-0.39, 0.29) is 12.3 Å². The first-order chi connectivity index (χ1) is 12.4. The Labute approximate surface area is 145 Å². The third kappa shape index (κ3) is 4.35. The number of nitrogens with one attached hydrogen (secondary N) is 1. The van der Waals surface area contributed by atoms with Crippen molar-refractivity contribution < 1.29 is 22.7 Å². The summed E-state index contributed by atoms with van der Waals surface area (Å²) in [5.41, 5.74) is -0.0902. The van der Waals surface area contributed by atoms with Crippen LogP contribution in [0.4, 0.5) is 18.9 Å². The van der Waals surface area contributed by atoms with Crippen LogP contribution < -0.4 is 10.1 Å². The molecule has 0 radical (unpaired) electrons. The molecule has 3 rings (SSSR count). The van der Waals surface area contributed by atoms with Gasteiger partial charge in [-0.3, -0.25) is 4.79 Å². The topological polar surface area (TPSA) is 81.9 Å². The highest BCUT2D eigenvalue weighted by Crippen LogP contribution is 2.30. The number of nitrogens with zero attached hydrogens (tertiary/aromatic N) is 4. The molecule has 0 saturated heterocycles. The standard InChI is InChI=1S/C16H12F3N5O2/c17-16(18,19)11-2-1-3-12(8-11)21-15(25)9-26-14-6-4-13(5-7-14)24-10-20-22-23-24/h1-8,10H,9H2,(H,21,25). The number of anilines is 1. The Balaban J connectivity index is 1.56. The predicted octanol–water partition coefficient (Wildman–Crippen LogP) is 2.70. The molecule has 3 aromatic rings. The summed E-state index contributed by atoms with van der Waals surface area (Å²) in [6, 6.07) is 11.0. The Hall–Kier alpha value is -3.43. The average Bonchev–Trinajstić information content (AvgIpc) is 3.14. The van der Waals surface area contributed by atoms with Crippen LogP contribution in [0.25, 0.3) is 5.69 Å². The van der Waals surface area contributed by atoms with E-state index in [1.807, 2.05) is 0 Å². The molecule has 1 aromatic heterocycles. The molecule has 0 aliphatic rings. The van der Waals surface area contributed by atoms with E-state index in [2.05, 4.69) is 20.8 Å². The molecule has 0 spiro atoms. The Morgan fingerprint density at radius 1 is 1.15 bits per heavy atom. The highest BCUT2D eigenvalue weighted by atomic mass is 19.4. The zero-order chi connectivity index (χ0) is 18.6. The zero-order valence-corrected chi connectivity index (χ0v) is 13.1. The fourth-order valence-electron chi connectivity index (χ4n) is 2.09. The van der Waals surface area contributed by atoms with Crippen molar-refractivity contribution in [2.75, 3.05) is 11.9 Å². The first-order valence-corrected chi connectivity index (χ1v) is 7.35. The quantitative estimate of drug-likeness (QED) is 0.754. The third-order valence-electron chi connectivity index (χ3n) is 3.29. The number of hydrogen-bond donors (Lipinski definition) is 1. The number of halogens is 3. The van der Waals surface area contributed by atoms with E-state index in [1.165, 1.54) is 23.1 Å². The van der Waals surface area contributed by atoms with Gasteiger partial charge in [-0.25, -0.2) is 4.68 Å². The van der Waals surface area contributed by atoms with Crippen molar-refractivity contribution in [2.24, 2.45) is 0 Å². The van der Waals surface area contributed by atoms with Crippen molar-refractivity contribution in [1.82, 2.24) is 20.2 Å². The summed E-state index contributed by atoms with van der Waals surface area (Å²) in [5.74, 6) is -0.158. The first kappa shape index (κ1) is 17.4. The predicted molar refractivity (Wildman–Crippen MR) is 84.7 cm³/mol. The second-order valence-electron chi connectivity index (χ2n) is 5.16. The van der Waals surface area contributed by atoms with Crippen LogP contribution in [0.2, 0.25) is 0 Å². The van der Waals surface area contributed by atoms with E-state index in [9.17, 15) is 18.0 Å². The Kier molecular flexibility index (Phi) is 4.83. The molecule has 1 amide bonds. The normalized spacial score (nSPS) is 11.2. The number of carbonyl (C=O) groups is 1. The van der Waals surface area contributed by atoms with Crippen molar-refractivity contribution in [3.8, 4) is 11.4 Å². The lowest BCUT2D eigenvalue weighted by Crippen LogP contribution is -2.20. The van der Waals surface area contributed by atoms with Gasteiger partial charge >= 0.3 is 6.18 Å². The summed E-state index contributed by atoms with van der Waals surface area (Å²) in [6.45, 7) is -0.347. The summed E-state index contributed by atoms with van der Waals surface area (Å²) in [4.78, 5) is 11.9. The van der Waals surface area contributed by atoms with E-state index in [0.717, 1.165) is 12.1 Å². The molecule has 0 atom stereocenters. The van der Waals surface area contributed by atoms with Crippen LogP contribution in [0.15, 0.2) is 54.9 Å². The number of amides is 1. The van der Waals surface area contributed by atoms with Crippen LogP contribution in [-0.4, -0.2) is 32.7 Å². The lowest BCUT2D eigenvalue weighted by atomic mass is 10.2. The Bertz CT molecular complexity index is 880. The van der Waals surface area contributed by atoms with Gasteiger partial charge in [0.15, 0.2) is 6.61 Å². The lowest BCUT2D eigenvalue weighted by Gasteiger charge is -2.10. The van der Waals surface area contributed by atoms with E-state index < -0.39 is 17.6 Å². The lowest BCUT2D eigenvalue weighted by molar-refractivity contribution is -0.137. The number of rotatable bonds is 5. The molecule has 0 aliphatic heterocycles.